The van der Waals surface area contributed by atoms with Crippen LogP contribution in [0.4, 0.5) is 0 Å². The summed E-state index contributed by atoms with van der Waals surface area (Å²) in [4.78, 5) is 14.6. The smallest absolute Gasteiger partial charge is 0.232 e. The van der Waals surface area contributed by atoms with Crippen LogP contribution in [-0.4, -0.2) is 27.9 Å². The molecular formula is C12H22N2OS. The molecule has 1 unspecified atom stereocenters. The Balaban J connectivity index is 2.78. The van der Waals surface area contributed by atoms with Crippen LogP contribution < -0.4 is 5.73 Å². The Bertz CT molecular complexity index is 289. The molecule has 0 saturated carbocycles. The number of nitrogens with two attached hydrogens (primary N) is 1. The molecule has 2 N–H and O–H groups in total. The Morgan fingerprint density at radius 1 is 1.56 bits per heavy atom. The average Bonchev–Trinajstić information content (AvgIpc) is 2.53. The number of nitrogens with zero attached hydrogens (tertiary/aromatic N) is 1. The molecule has 1 aliphatic rings. The van der Waals surface area contributed by atoms with Crippen molar-refractivity contribution in [1.82, 2.24) is 4.90 Å². The lowest BCUT2D eigenvalue weighted by Crippen LogP contribution is -2.48. The highest BCUT2D eigenvalue weighted by Crippen LogP contribution is 2.30. The maximum Gasteiger partial charge on any atom is 0.232 e. The molecule has 1 saturated heterocycles. The Morgan fingerprint density at radius 3 is 2.56 bits per heavy atom. The molecule has 0 aromatic carbocycles. The molecule has 0 bridgehead atoms. The molecule has 4 heteroatoms. The van der Waals surface area contributed by atoms with Crippen molar-refractivity contribution in [1.29, 1.82) is 0 Å². The lowest BCUT2D eigenvalue weighted by molar-refractivity contribution is -0.136. The summed E-state index contributed by atoms with van der Waals surface area (Å²) >= 11 is 5.00. The summed E-state index contributed by atoms with van der Waals surface area (Å²) in [6.07, 6.45) is 3.84. The minimum atomic E-state index is -0.266. The Morgan fingerprint density at radius 2 is 2.19 bits per heavy atom. The summed E-state index contributed by atoms with van der Waals surface area (Å²) < 4.78 is 0. The second-order valence-corrected chi connectivity index (χ2v) is 5.62. The molecule has 16 heavy (non-hydrogen) atoms. The summed E-state index contributed by atoms with van der Waals surface area (Å²) in [5.41, 5.74) is 5.63. The monoisotopic (exact) mass is 242 g/mol. The topological polar surface area (TPSA) is 46.3 Å². The van der Waals surface area contributed by atoms with E-state index in [2.05, 4.69) is 13.8 Å². The number of carbonyl (C=O) groups is 1. The van der Waals surface area contributed by atoms with Crippen molar-refractivity contribution >= 4 is 23.1 Å². The summed E-state index contributed by atoms with van der Waals surface area (Å²) in [5.74, 6) is -0.144. The van der Waals surface area contributed by atoms with Gasteiger partial charge in [-0.2, -0.15) is 0 Å². The van der Waals surface area contributed by atoms with Crippen molar-refractivity contribution in [2.75, 3.05) is 6.54 Å². The van der Waals surface area contributed by atoms with Gasteiger partial charge in [0.15, 0.2) is 0 Å². The van der Waals surface area contributed by atoms with Gasteiger partial charge in [-0.15, -0.1) is 0 Å². The van der Waals surface area contributed by atoms with Crippen LogP contribution in [0.1, 0.15) is 46.5 Å². The predicted molar refractivity (Wildman–Crippen MR) is 70.2 cm³/mol. The highest BCUT2D eigenvalue weighted by atomic mass is 32.1. The third-order valence-corrected chi connectivity index (χ3v) is 3.67. The second-order valence-electron chi connectivity index (χ2n) is 5.15. The lowest BCUT2D eigenvalue weighted by Gasteiger charge is -2.34. The molecule has 1 heterocycles. The standard InChI is InChI=1S/C12H22N2OS/c1-4-6-9(10(13)16)11(15)14-8-5-7-12(14,2)3/h9H,4-8H2,1-3H3,(H2,13,16). The minimum absolute atomic E-state index is 0.0339. The van der Waals surface area contributed by atoms with Gasteiger partial charge in [0, 0.05) is 12.1 Å². The molecule has 1 fully saturated rings. The van der Waals surface area contributed by atoms with Crippen LogP contribution in [0.25, 0.3) is 0 Å². The molecule has 1 atom stereocenters. The van der Waals surface area contributed by atoms with Gasteiger partial charge in [0.05, 0.1) is 10.9 Å². The van der Waals surface area contributed by atoms with Crippen molar-refractivity contribution in [2.45, 2.75) is 52.0 Å². The first-order valence-corrected chi connectivity index (χ1v) is 6.41. The summed E-state index contributed by atoms with van der Waals surface area (Å²) in [7, 11) is 0. The van der Waals surface area contributed by atoms with E-state index in [4.69, 9.17) is 18.0 Å². The van der Waals surface area contributed by atoms with Crippen LogP contribution in [0, 0.1) is 5.92 Å². The zero-order chi connectivity index (χ0) is 12.3. The van der Waals surface area contributed by atoms with Gasteiger partial charge in [0.25, 0.3) is 0 Å². The molecule has 0 aromatic rings. The molecule has 0 aromatic heterocycles. The number of thiocarbonyl (C=S) groups is 1. The highest BCUT2D eigenvalue weighted by Gasteiger charge is 2.38. The quantitative estimate of drug-likeness (QED) is 0.768. The van der Waals surface area contributed by atoms with Crippen LogP contribution in [-0.2, 0) is 4.79 Å². The number of likely N-dealkylation sites (tertiary alicyclic amines) is 1. The van der Waals surface area contributed by atoms with E-state index in [1.54, 1.807) is 0 Å². The fraction of sp³-hybridized carbons (Fsp3) is 0.833. The Kier molecular flexibility index (Phi) is 4.30. The molecule has 0 aliphatic carbocycles. The molecule has 1 rings (SSSR count). The van der Waals surface area contributed by atoms with Gasteiger partial charge < -0.3 is 10.6 Å². The zero-order valence-electron chi connectivity index (χ0n) is 10.5. The van der Waals surface area contributed by atoms with Crippen molar-refractivity contribution in [2.24, 2.45) is 11.7 Å². The normalized spacial score (nSPS) is 20.8. The van der Waals surface area contributed by atoms with E-state index in [1.165, 1.54) is 0 Å². The van der Waals surface area contributed by atoms with Crippen LogP contribution in [0.15, 0.2) is 0 Å². The molecule has 3 nitrogen and oxygen atoms in total. The van der Waals surface area contributed by atoms with Crippen LogP contribution in [0.3, 0.4) is 0 Å². The summed E-state index contributed by atoms with van der Waals surface area (Å²) in [5, 5.41) is 0. The van der Waals surface area contributed by atoms with Crippen molar-refractivity contribution < 1.29 is 4.79 Å². The maximum atomic E-state index is 12.4. The van der Waals surface area contributed by atoms with Crippen molar-refractivity contribution in [3.63, 3.8) is 0 Å². The van der Waals surface area contributed by atoms with E-state index in [0.29, 0.717) is 4.99 Å². The van der Waals surface area contributed by atoms with Crippen molar-refractivity contribution in [3.05, 3.63) is 0 Å². The third kappa shape index (κ3) is 2.73. The van der Waals surface area contributed by atoms with Gasteiger partial charge in [-0.25, -0.2) is 0 Å². The zero-order valence-corrected chi connectivity index (χ0v) is 11.3. The number of carbonyl (C=O) groups excluding carboxylic acids is 1. The maximum absolute atomic E-state index is 12.4. The fourth-order valence-corrected chi connectivity index (χ4v) is 2.60. The first-order chi connectivity index (χ1) is 7.40. The van der Waals surface area contributed by atoms with Gasteiger partial charge in [-0.1, -0.05) is 25.6 Å². The summed E-state index contributed by atoms with van der Waals surface area (Å²) in [6, 6.07) is 0. The van der Waals surface area contributed by atoms with Crippen molar-refractivity contribution in [3.8, 4) is 0 Å². The van der Waals surface area contributed by atoms with E-state index < -0.39 is 0 Å². The SMILES string of the molecule is CCCC(C(=O)N1CCCC1(C)C)C(N)=S. The first-order valence-electron chi connectivity index (χ1n) is 6.01. The molecule has 0 radical (unpaired) electrons. The average molecular weight is 242 g/mol. The van der Waals surface area contributed by atoms with E-state index in [9.17, 15) is 4.79 Å². The van der Waals surface area contributed by atoms with Gasteiger partial charge in [-0.3, -0.25) is 4.79 Å². The number of hydrogen-bond acceptors (Lipinski definition) is 2. The molecular weight excluding hydrogens is 220 g/mol. The van der Waals surface area contributed by atoms with E-state index in [0.717, 1.165) is 32.2 Å². The lowest BCUT2D eigenvalue weighted by atomic mass is 9.97. The molecule has 1 amide bonds. The third-order valence-electron chi connectivity index (χ3n) is 3.39. The molecule has 92 valence electrons. The van der Waals surface area contributed by atoms with E-state index in [1.807, 2.05) is 11.8 Å². The molecule has 1 aliphatic heterocycles. The van der Waals surface area contributed by atoms with Gasteiger partial charge in [0.1, 0.15) is 0 Å². The summed E-state index contributed by atoms with van der Waals surface area (Å²) in [6.45, 7) is 7.11. The van der Waals surface area contributed by atoms with Crippen LogP contribution in [0.5, 0.6) is 0 Å². The van der Waals surface area contributed by atoms with Crippen LogP contribution >= 0.6 is 12.2 Å². The largest absolute Gasteiger partial charge is 0.393 e. The van der Waals surface area contributed by atoms with Gasteiger partial charge in [-0.05, 0) is 33.1 Å². The first kappa shape index (κ1) is 13.4. The van der Waals surface area contributed by atoms with E-state index in [-0.39, 0.29) is 17.4 Å². The fourth-order valence-electron chi connectivity index (χ4n) is 2.38. The second kappa shape index (κ2) is 5.13. The van der Waals surface area contributed by atoms with Crippen LogP contribution in [0.2, 0.25) is 0 Å². The van der Waals surface area contributed by atoms with Gasteiger partial charge >= 0.3 is 0 Å². The Labute approximate surface area is 103 Å². The predicted octanol–water partition coefficient (Wildman–Crippen LogP) is 2.09. The highest BCUT2D eigenvalue weighted by molar-refractivity contribution is 7.80. The molecule has 0 spiro atoms. The van der Waals surface area contributed by atoms with Gasteiger partial charge in [0.2, 0.25) is 5.91 Å². The number of rotatable bonds is 4. The Hall–Kier alpha value is -0.640. The van der Waals surface area contributed by atoms with E-state index >= 15 is 0 Å². The minimum Gasteiger partial charge on any atom is -0.393 e. The number of amides is 1. The number of hydrogen-bond donors (Lipinski definition) is 1.